The fourth-order valence-electron chi connectivity index (χ4n) is 2.28. The Morgan fingerprint density at radius 1 is 1.04 bits per heavy atom. The Hall–Kier alpha value is -2.97. The Bertz CT molecular complexity index is 794. The zero-order valence-electron chi connectivity index (χ0n) is 14.7. The van der Waals surface area contributed by atoms with Gasteiger partial charge in [0, 0.05) is 25.7 Å². The molecule has 0 spiro atoms. The maximum Gasteiger partial charge on any atom is 0.573 e. The molecule has 0 aliphatic carbocycles. The number of rotatable bonds is 6. The third-order valence-electron chi connectivity index (χ3n) is 3.54. The standard InChI is InChI=1S/C18H19F4N3O2/c1-23-17(24-10-12-7-8-16(26-2)14(19)9-12)25-11-13-5-3-4-6-15(13)27-18(20,21)22/h3-9H,10-11H2,1-2H3,(H2,23,24,25). The molecule has 0 fully saturated rings. The first-order chi connectivity index (χ1) is 12.8. The van der Waals surface area contributed by atoms with Crippen molar-refractivity contribution in [1.82, 2.24) is 10.6 Å². The number of nitrogens with one attached hydrogen (secondary N) is 2. The molecule has 27 heavy (non-hydrogen) atoms. The molecular weight excluding hydrogens is 366 g/mol. The van der Waals surface area contributed by atoms with Crippen LogP contribution in [0.5, 0.6) is 11.5 Å². The summed E-state index contributed by atoms with van der Waals surface area (Å²) in [6.07, 6.45) is -4.77. The molecule has 0 bridgehead atoms. The quantitative estimate of drug-likeness (QED) is 0.453. The Balaban J connectivity index is 1.96. The molecule has 146 valence electrons. The highest BCUT2D eigenvalue weighted by Crippen LogP contribution is 2.26. The van der Waals surface area contributed by atoms with Gasteiger partial charge in [0.1, 0.15) is 5.75 Å². The van der Waals surface area contributed by atoms with Gasteiger partial charge in [0.2, 0.25) is 0 Å². The van der Waals surface area contributed by atoms with Gasteiger partial charge in [-0.05, 0) is 23.8 Å². The van der Waals surface area contributed by atoms with E-state index in [9.17, 15) is 17.6 Å². The van der Waals surface area contributed by atoms with Crippen molar-refractivity contribution >= 4 is 5.96 Å². The summed E-state index contributed by atoms with van der Waals surface area (Å²) in [4.78, 5) is 3.99. The molecule has 0 unspecified atom stereocenters. The number of ether oxygens (including phenoxy) is 2. The molecular formula is C18H19F4N3O2. The number of hydrogen-bond donors (Lipinski definition) is 2. The van der Waals surface area contributed by atoms with E-state index in [0.717, 1.165) is 0 Å². The number of methoxy groups -OCH3 is 1. The van der Waals surface area contributed by atoms with E-state index in [1.165, 1.54) is 44.5 Å². The van der Waals surface area contributed by atoms with E-state index in [1.807, 2.05) is 0 Å². The molecule has 2 rings (SSSR count). The van der Waals surface area contributed by atoms with Crippen LogP contribution < -0.4 is 20.1 Å². The van der Waals surface area contributed by atoms with Gasteiger partial charge in [-0.1, -0.05) is 24.3 Å². The van der Waals surface area contributed by atoms with E-state index in [4.69, 9.17) is 4.74 Å². The molecule has 0 saturated carbocycles. The van der Waals surface area contributed by atoms with Gasteiger partial charge in [-0.3, -0.25) is 4.99 Å². The highest BCUT2D eigenvalue weighted by molar-refractivity contribution is 5.79. The summed E-state index contributed by atoms with van der Waals surface area (Å²) < 4.78 is 60.0. The molecule has 0 heterocycles. The number of nitrogens with zero attached hydrogens (tertiary/aromatic N) is 1. The third kappa shape index (κ3) is 6.36. The number of hydrogen-bond acceptors (Lipinski definition) is 3. The molecule has 0 atom stereocenters. The first-order valence-electron chi connectivity index (χ1n) is 7.93. The molecule has 2 aromatic rings. The van der Waals surface area contributed by atoms with Crippen LogP contribution in [0.1, 0.15) is 11.1 Å². The maximum atomic E-state index is 13.7. The van der Waals surface area contributed by atoms with Crippen LogP contribution >= 0.6 is 0 Å². The Labute approximate surface area is 154 Å². The number of para-hydroxylation sites is 1. The SMILES string of the molecule is CN=C(NCc1ccc(OC)c(F)c1)NCc1ccccc1OC(F)(F)F. The first kappa shape index (κ1) is 20.3. The van der Waals surface area contributed by atoms with Gasteiger partial charge in [-0.15, -0.1) is 13.2 Å². The molecule has 9 heteroatoms. The molecule has 0 aliphatic rings. The molecule has 0 amide bonds. The van der Waals surface area contributed by atoms with Gasteiger partial charge in [-0.2, -0.15) is 0 Å². The van der Waals surface area contributed by atoms with E-state index in [-0.39, 0.29) is 24.6 Å². The summed E-state index contributed by atoms with van der Waals surface area (Å²) in [5.74, 6) is -0.293. The third-order valence-corrected chi connectivity index (χ3v) is 3.54. The monoisotopic (exact) mass is 385 g/mol. The summed E-state index contributed by atoms with van der Waals surface area (Å²) in [6, 6.07) is 10.3. The van der Waals surface area contributed by atoms with Gasteiger partial charge in [-0.25, -0.2) is 4.39 Å². The van der Waals surface area contributed by atoms with Crippen LogP contribution in [0.25, 0.3) is 0 Å². The normalized spacial score (nSPS) is 11.9. The predicted octanol–water partition coefficient (Wildman–Crippen LogP) is 3.60. The molecule has 0 saturated heterocycles. The van der Waals surface area contributed by atoms with Crippen LogP contribution in [0.3, 0.4) is 0 Å². The summed E-state index contributed by atoms with van der Waals surface area (Å²) in [5, 5.41) is 5.85. The fraction of sp³-hybridized carbons (Fsp3) is 0.278. The van der Waals surface area contributed by atoms with E-state index in [1.54, 1.807) is 12.1 Å². The van der Waals surface area contributed by atoms with Crippen molar-refractivity contribution in [3.8, 4) is 11.5 Å². The Morgan fingerprint density at radius 3 is 2.37 bits per heavy atom. The molecule has 2 aromatic carbocycles. The van der Waals surface area contributed by atoms with Crippen LogP contribution in [0.2, 0.25) is 0 Å². The predicted molar refractivity (Wildman–Crippen MR) is 93.1 cm³/mol. The van der Waals surface area contributed by atoms with E-state index in [2.05, 4.69) is 20.4 Å². The molecule has 2 N–H and O–H groups in total. The van der Waals surface area contributed by atoms with Crippen molar-refractivity contribution in [3.63, 3.8) is 0 Å². The van der Waals surface area contributed by atoms with Gasteiger partial charge in [0.15, 0.2) is 17.5 Å². The van der Waals surface area contributed by atoms with Gasteiger partial charge < -0.3 is 20.1 Å². The average Bonchev–Trinajstić information content (AvgIpc) is 2.62. The minimum absolute atomic E-state index is 0.0584. The maximum absolute atomic E-state index is 13.7. The van der Waals surface area contributed by atoms with Gasteiger partial charge in [0.25, 0.3) is 0 Å². The van der Waals surface area contributed by atoms with Crippen molar-refractivity contribution in [1.29, 1.82) is 0 Å². The number of guanidine groups is 1. The van der Waals surface area contributed by atoms with Crippen LogP contribution in [0, 0.1) is 5.82 Å². The van der Waals surface area contributed by atoms with E-state index in [0.29, 0.717) is 17.1 Å². The largest absolute Gasteiger partial charge is 0.573 e. The number of benzene rings is 2. The number of aliphatic imine (C=N–C) groups is 1. The minimum Gasteiger partial charge on any atom is -0.494 e. The van der Waals surface area contributed by atoms with Gasteiger partial charge >= 0.3 is 6.36 Å². The lowest BCUT2D eigenvalue weighted by Crippen LogP contribution is -2.36. The lowest BCUT2D eigenvalue weighted by molar-refractivity contribution is -0.274. The highest BCUT2D eigenvalue weighted by atomic mass is 19.4. The lowest BCUT2D eigenvalue weighted by Gasteiger charge is -2.16. The van der Waals surface area contributed by atoms with E-state index < -0.39 is 12.2 Å². The van der Waals surface area contributed by atoms with Crippen LogP contribution in [0.4, 0.5) is 17.6 Å². The zero-order chi connectivity index (χ0) is 19.9. The number of alkyl halides is 3. The fourth-order valence-corrected chi connectivity index (χ4v) is 2.28. The number of halogens is 4. The molecule has 5 nitrogen and oxygen atoms in total. The van der Waals surface area contributed by atoms with Crippen molar-refractivity contribution in [2.75, 3.05) is 14.2 Å². The summed E-state index contributed by atoms with van der Waals surface area (Å²) in [5.41, 5.74) is 0.963. The lowest BCUT2D eigenvalue weighted by atomic mass is 10.2. The first-order valence-corrected chi connectivity index (χ1v) is 7.93. The van der Waals surface area contributed by atoms with E-state index >= 15 is 0 Å². The Kier molecular flexibility index (Phi) is 6.86. The van der Waals surface area contributed by atoms with Crippen molar-refractivity contribution in [2.24, 2.45) is 4.99 Å². The second-order valence-corrected chi connectivity index (χ2v) is 5.40. The average molecular weight is 385 g/mol. The smallest absolute Gasteiger partial charge is 0.494 e. The molecule has 0 aromatic heterocycles. The van der Waals surface area contributed by atoms with Crippen LogP contribution in [-0.4, -0.2) is 26.5 Å². The van der Waals surface area contributed by atoms with Crippen LogP contribution in [-0.2, 0) is 13.1 Å². The zero-order valence-corrected chi connectivity index (χ0v) is 14.7. The molecule has 0 radical (unpaired) electrons. The minimum atomic E-state index is -4.77. The second-order valence-electron chi connectivity index (χ2n) is 5.40. The molecule has 0 aliphatic heterocycles. The highest BCUT2D eigenvalue weighted by Gasteiger charge is 2.31. The topological polar surface area (TPSA) is 54.9 Å². The van der Waals surface area contributed by atoms with Crippen molar-refractivity contribution in [3.05, 3.63) is 59.4 Å². The van der Waals surface area contributed by atoms with Crippen molar-refractivity contribution < 1.29 is 27.0 Å². The van der Waals surface area contributed by atoms with Crippen molar-refractivity contribution in [2.45, 2.75) is 19.5 Å². The van der Waals surface area contributed by atoms with Crippen LogP contribution in [0.15, 0.2) is 47.5 Å². The summed E-state index contributed by atoms with van der Waals surface area (Å²) in [7, 11) is 2.89. The van der Waals surface area contributed by atoms with Gasteiger partial charge in [0.05, 0.1) is 7.11 Å². The second kappa shape index (κ2) is 9.11. The summed E-state index contributed by atoms with van der Waals surface area (Å²) >= 11 is 0. The Morgan fingerprint density at radius 2 is 1.74 bits per heavy atom. The summed E-state index contributed by atoms with van der Waals surface area (Å²) in [6.45, 7) is 0.324.